The van der Waals surface area contributed by atoms with Gasteiger partial charge in [0, 0.05) is 12.1 Å². The molecule has 152 valence electrons. The van der Waals surface area contributed by atoms with E-state index in [1.54, 1.807) is 13.8 Å². The quantitative estimate of drug-likeness (QED) is 0.329. The lowest BCUT2D eigenvalue weighted by atomic mass is 10.0. The summed E-state index contributed by atoms with van der Waals surface area (Å²) in [7, 11) is 0. The molecule has 0 aromatic heterocycles. The summed E-state index contributed by atoms with van der Waals surface area (Å²) in [6.07, 6.45) is 2.05. The minimum atomic E-state index is -1.57. The van der Waals surface area contributed by atoms with Crippen LogP contribution in [0.2, 0.25) is 0 Å². The number of allylic oxidation sites excluding steroid dienone is 2. The summed E-state index contributed by atoms with van der Waals surface area (Å²) >= 11 is 34.4. The number of alkyl halides is 6. The van der Waals surface area contributed by atoms with Gasteiger partial charge in [-0.2, -0.15) is 0 Å². The summed E-state index contributed by atoms with van der Waals surface area (Å²) in [5.74, 6) is 0. The Labute approximate surface area is 184 Å². The number of rotatable bonds is 8. The van der Waals surface area contributed by atoms with Crippen LogP contribution in [0.4, 0.5) is 0 Å². The molecular formula is C16H23Cl6NO3. The fourth-order valence-electron chi connectivity index (χ4n) is 2.52. The van der Waals surface area contributed by atoms with Gasteiger partial charge in [-0.15, -0.1) is 0 Å². The second kappa shape index (κ2) is 10.2. The molecule has 0 saturated carbocycles. The molecule has 0 amide bonds. The van der Waals surface area contributed by atoms with Crippen molar-refractivity contribution >= 4 is 75.3 Å². The molecule has 4 nitrogen and oxygen atoms in total. The Morgan fingerprint density at radius 1 is 1.00 bits per heavy atom. The third-order valence-corrected chi connectivity index (χ3v) is 4.16. The lowest BCUT2D eigenvalue weighted by molar-refractivity contribution is -0.143. The fraction of sp³-hybridized carbons (Fsp3) is 0.812. The molecule has 26 heavy (non-hydrogen) atoms. The monoisotopic (exact) mass is 487 g/mol. The summed E-state index contributed by atoms with van der Waals surface area (Å²) in [5.41, 5.74) is 2.06. The molecule has 1 rings (SSSR count). The highest BCUT2D eigenvalue weighted by molar-refractivity contribution is 6.68. The SMILES string of the molecule is CC1=C(CCC(OCC(Cl)(Cl)Cl)OCC(Cl)(Cl)Cl)/C(=N/C(C)(C)O)CC1. The Morgan fingerprint density at radius 2 is 1.50 bits per heavy atom. The zero-order valence-corrected chi connectivity index (χ0v) is 19.3. The minimum Gasteiger partial charge on any atom is -0.370 e. The van der Waals surface area contributed by atoms with Crippen LogP contribution < -0.4 is 0 Å². The molecule has 1 aliphatic carbocycles. The predicted molar refractivity (Wildman–Crippen MR) is 111 cm³/mol. The van der Waals surface area contributed by atoms with Gasteiger partial charge in [-0.1, -0.05) is 75.2 Å². The molecule has 0 bridgehead atoms. The van der Waals surface area contributed by atoms with Crippen molar-refractivity contribution in [2.24, 2.45) is 4.99 Å². The van der Waals surface area contributed by atoms with Gasteiger partial charge in [0.2, 0.25) is 7.59 Å². The number of aliphatic hydroxyl groups is 1. The first-order valence-electron chi connectivity index (χ1n) is 8.03. The number of aliphatic imine (C=N–C) groups is 1. The van der Waals surface area contributed by atoms with Crippen molar-refractivity contribution in [2.45, 2.75) is 66.1 Å². The van der Waals surface area contributed by atoms with E-state index in [-0.39, 0.29) is 13.2 Å². The van der Waals surface area contributed by atoms with Gasteiger partial charge in [0.25, 0.3) is 0 Å². The number of nitrogens with zero attached hydrogens (tertiary/aromatic N) is 1. The molecule has 0 aromatic rings. The average molecular weight is 490 g/mol. The van der Waals surface area contributed by atoms with E-state index in [9.17, 15) is 5.11 Å². The van der Waals surface area contributed by atoms with Gasteiger partial charge in [0.15, 0.2) is 12.0 Å². The standard InChI is InChI=1S/C16H23Cl6NO3/c1-10-4-6-12(23-14(2,3)24)11(10)5-7-13(25-8-15(17,18)19)26-9-16(20,21)22/h13,24H,4-9H2,1-3H3/b23-12+. The maximum Gasteiger partial charge on any atom is 0.213 e. The Morgan fingerprint density at radius 3 is 1.92 bits per heavy atom. The number of hydrogen-bond acceptors (Lipinski definition) is 4. The molecule has 1 aliphatic rings. The van der Waals surface area contributed by atoms with Crippen LogP contribution in [0.5, 0.6) is 0 Å². The van der Waals surface area contributed by atoms with Crippen LogP contribution in [0, 0.1) is 0 Å². The van der Waals surface area contributed by atoms with E-state index >= 15 is 0 Å². The fourth-order valence-corrected chi connectivity index (χ4v) is 2.90. The number of halogens is 6. The molecule has 0 aliphatic heterocycles. The first-order valence-corrected chi connectivity index (χ1v) is 10.3. The van der Waals surface area contributed by atoms with Crippen molar-refractivity contribution in [2.75, 3.05) is 13.2 Å². The molecule has 0 heterocycles. The van der Waals surface area contributed by atoms with E-state index in [0.717, 1.165) is 24.1 Å². The Kier molecular flexibility index (Phi) is 9.81. The Bertz CT molecular complexity index is 514. The molecule has 0 saturated heterocycles. The lowest BCUT2D eigenvalue weighted by Gasteiger charge is -2.23. The van der Waals surface area contributed by atoms with Crippen molar-refractivity contribution in [1.29, 1.82) is 0 Å². The van der Waals surface area contributed by atoms with E-state index in [0.29, 0.717) is 12.8 Å². The Hall–Kier alpha value is 1.03. The summed E-state index contributed by atoms with van der Waals surface area (Å²) in [4.78, 5) is 4.39. The van der Waals surface area contributed by atoms with Crippen LogP contribution in [0.3, 0.4) is 0 Å². The molecule has 1 N–H and O–H groups in total. The van der Waals surface area contributed by atoms with Crippen LogP contribution in [0.1, 0.15) is 46.5 Å². The van der Waals surface area contributed by atoms with Gasteiger partial charge in [0.1, 0.15) is 0 Å². The van der Waals surface area contributed by atoms with Crippen molar-refractivity contribution in [3.05, 3.63) is 11.1 Å². The maximum atomic E-state index is 9.96. The first-order chi connectivity index (χ1) is 11.7. The highest BCUT2D eigenvalue weighted by atomic mass is 35.6. The third-order valence-electron chi connectivity index (χ3n) is 3.50. The molecule has 10 heteroatoms. The molecule has 0 spiro atoms. The largest absolute Gasteiger partial charge is 0.370 e. The van der Waals surface area contributed by atoms with Crippen LogP contribution in [0.15, 0.2) is 16.1 Å². The normalized spacial score (nSPS) is 18.5. The third kappa shape index (κ3) is 11.1. The highest BCUT2D eigenvalue weighted by Gasteiger charge is 2.28. The van der Waals surface area contributed by atoms with Gasteiger partial charge in [0.05, 0.1) is 13.2 Å². The predicted octanol–water partition coefficient (Wildman–Crippen LogP) is 6.15. The van der Waals surface area contributed by atoms with E-state index in [1.165, 1.54) is 5.57 Å². The topological polar surface area (TPSA) is 51.0 Å². The van der Waals surface area contributed by atoms with Crippen LogP contribution in [-0.4, -0.2) is 43.6 Å². The molecule has 0 atom stereocenters. The van der Waals surface area contributed by atoms with Gasteiger partial charge >= 0.3 is 0 Å². The van der Waals surface area contributed by atoms with Crippen LogP contribution >= 0.6 is 69.6 Å². The summed E-state index contributed by atoms with van der Waals surface area (Å²) in [6.45, 7) is 5.00. The molecule has 0 unspecified atom stereocenters. The van der Waals surface area contributed by atoms with Gasteiger partial charge in [-0.25, -0.2) is 0 Å². The van der Waals surface area contributed by atoms with Crippen LogP contribution in [0.25, 0.3) is 0 Å². The van der Waals surface area contributed by atoms with E-state index in [2.05, 4.69) is 4.99 Å². The first kappa shape index (κ1) is 25.1. The molecule has 0 aromatic carbocycles. The van der Waals surface area contributed by atoms with E-state index < -0.39 is 19.6 Å². The lowest BCUT2D eigenvalue weighted by Crippen LogP contribution is -2.27. The zero-order valence-electron chi connectivity index (χ0n) is 14.8. The maximum absolute atomic E-state index is 9.96. The number of ether oxygens (including phenoxy) is 2. The van der Waals surface area contributed by atoms with Crippen molar-refractivity contribution in [1.82, 2.24) is 0 Å². The minimum absolute atomic E-state index is 0.162. The van der Waals surface area contributed by atoms with Gasteiger partial charge in [-0.05, 0) is 45.6 Å². The highest BCUT2D eigenvalue weighted by Crippen LogP contribution is 2.32. The van der Waals surface area contributed by atoms with Gasteiger partial charge < -0.3 is 14.6 Å². The van der Waals surface area contributed by atoms with Crippen molar-refractivity contribution in [3.8, 4) is 0 Å². The summed E-state index contributed by atoms with van der Waals surface area (Å²) in [6, 6.07) is 0. The average Bonchev–Trinajstić information content (AvgIpc) is 2.74. The van der Waals surface area contributed by atoms with E-state index in [4.69, 9.17) is 79.1 Å². The molecular weight excluding hydrogens is 467 g/mol. The van der Waals surface area contributed by atoms with Crippen molar-refractivity contribution in [3.63, 3.8) is 0 Å². The van der Waals surface area contributed by atoms with E-state index in [1.807, 2.05) is 6.92 Å². The second-order valence-electron chi connectivity index (χ2n) is 6.63. The Balaban J connectivity index is 2.76. The van der Waals surface area contributed by atoms with Crippen molar-refractivity contribution < 1.29 is 14.6 Å². The molecule has 0 radical (unpaired) electrons. The summed E-state index contributed by atoms with van der Waals surface area (Å²) < 4.78 is 7.91. The van der Waals surface area contributed by atoms with Crippen LogP contribution in [-0.2, 0) is 9.47 Å². The zero-order chi connectivity index (χ0) is 20.2. The van der Waals surface area contributed by atoms with Gasteiger partial charge in [-0.3, -0.25) is 4.99 Å². The second-order valence-corrected chi connectivity index (χ2v) is 11.7. The molecule has 0 fully saturated rings. The number of hydrogen-bond donors (Lipinski definition) is 1. The smallest absolute Gasteiger partial charge is 0.213 e. The summed E-state index contributed by atoms with van der Waals surface area (Å²) in [5, 5.41) is 9.96.